The number of nitrogens with one attached hydrogen (secondary N) is 3. The molecule has 0 bridgehead atoms. The Labute approximate surface area is 359 Å². The molecular formula is C39H70N4O18. The highest BCUT2D eigenvalue weighted by Gasteiger charge is 2.23. The van der Waals surface area contributed by atoms with Gasteiger partial charge in [-0.25, -0.2) is 10.2 Å². The Morgan fingerprint density at radius 2 is 0.754 bits per heavy atom. The third-order valence-corrected chi connectivity index (χ3v) is 7.30. The highest BCUT2D eigenvalue weighted by molar-refractivity contribution is 6.13. The van der Waals surface area contributed by atoms with E-state index in [0.29, 0.717) is 159 Å². The predicted molar refractivity (Wildman–Crippen MR) is 215 cm³/mol. The van der Waals surface area contributed by atoms with Gasteiger partial charge in [-0.15, -0.1) is 0 Å². The van der Waals surface area contributed by atoms with Gasteiger partial charge in [0.25, 0.3) is 11.8 Å². The van der Waals surface area contributed by atoms with Gasteiger partial charge in [0, 0.05) is 31.7 Å². The van der Waals surface area contributed by atoms with Crippen molar-refractivity contribution >= 4 is 29.7 Å². The third-order valence-electron chi connectivity index (χ3n) is 7.30. The smallest absolute Gasteiger partial charge is 0.426 e. The second kappa shape index (κ2) is 39.5. The Balaban J connectivity index is 1.65. The third kappa shape index (κ3) is 38.1. The van der Waals surface area contributed by atoms with Crippen molar-refractivity contribution in [3.05, 3.63) is 12.2 Å². The minimum absolute atomic E-state index is 0.0446. The van der Waals surface area contributed by atoms with Gasteiger partial charge in [0.1, 0.15) is 5.60 Å². The van der Waals surface area contributed by atoms with Gasteiger partial charge in [-0.05, 0) is 20.8 Å². The molecule has 354 valence electrons. The first kappa shape index (κ1) is 55.6. The molecule has 22 heteroatoms. The fraction of sp³-hybridized carbons (Fsp3) is 0.821. The first-order chi connectivity index (χ1) is 29.6. The van der Waals surface area contributed by atoms with Crippen molar-refractivity contribution in [2.75, 3.05) is 172 Å². The number of rotatable bonds is 42. The lowest BCUT2D eigenvalue weighted by Gasteiger charge is -2.19. The van der Waals surface area contributed by atoms with Crippen LogP contribution >= 0.6 is 0 Å². The van der Waals surface area contributed by atoms with Crippen LogP contribution in [0.2, 0.25) is 0 Å². The second-order valence-electron chi connectivity index (χ2n) is 13.5. The van der Waals surface area contributed by atoms with E-state index in [-0.39, 0.29) is 31.9 Å². The maximum Gasteiger partial charge on any atom is 0.426 e. The Morgan fingerprint density at radius 3 is 1.08 bits per heavy atom. The van der Waals surface area contributed by atoms with Crippen LogP contribution in [0.4, 0.5) is 4.79 Å². The summed E-state index contributed by atoms with van der Waals surface area (Å²) in [5.41, 5.74) is 3.78. The van der Waals surface area contributed by atoms with Crippen LogP contribution in [0.3, 0.4) is 0 Å². The van der Waals surface area contributed by atoms with E-state index in [1.54, 1.807) is 20.8 Å². The van der Waals surface area contributed by atoms with Gasteiger partial charge in [-0.3, -0.25) is 29.5 Å². The maximum absolute atomic E-state index is 11.8. The largest absolute Gasteiger partial charge is 0.443 e. The maximum atomic E-state index is 11.8. The van der Waals surface area contributed by atoms with Crippen LogP contribution in [0.15, 0.2) is 12.2 Å². The van der Waals surface area contributed by atoms with Gasteiger partial charge in [0.2, 0.25) is 11.8 Å². The van der Waals surface area contributed by atoms with E-state index in [9.17, 15) is 24.0 Å². The van der Waals surface area contributed by atoms with Gasteiger partial charge >= 0.3 is 6.09 Å². The predicted octanol–water partition coefficient (Wildman–Crippen LogP) is -0.437. The van der Waals surface area contributed by atoms with Gasteiger partial charge in [0.05, 0.1) is 165 Å². The van der Waals surface area contributed by atoms with Crippen molar-refractivity contribution in [1.82, 2.24) is 21.1 Å². The zero-order valence-corrected chi connectivity index (χ0v) is 36.2. The number of hydrazine groups is 1. The SMILES string of the molecule is CC(C)(C)OC(=O)NNC(=O)CCOCCOCCOCCOCCOCCOCCOCCOCCOCCOCCOCCOCCNC(=O)CCN1C(=O)C=CC1=O. The van der Waals surface area contributed by atoms with E-state index in [1.165, 1.54) is 12.2 Å². The summed E-state index contributed by atoms with van der Waals surface area (Å²) in [6.07, 6.45) is 1.77. The quantitative estimate of drug-likeness (QED) is 0.0400. The minimum atomic E-state index is -0.733. The number of ether oxygens (including phenoxy) is 13. The summed E-state index contributed by atoms with van der Waals surface area (Å²) in [5, 5.41) is 2.68. The molecule has 0 aromatic heterocycles. The van der Waals surface area contributed by atoms with Gasteiger partial charge in [-0.1, -0.05) is 0 Å². The number of carbonyl (C=O) groups excluding carboxylic acids is 5. The molecule has 0 saturated heterocycles. The summed E-state index contributed by atoms with van der Waals surface area (Å²) < 4.78 is 70.3. The molecule has 0 atom stereocenters. The average Bonchev–Trinajstić information content (AvgIpc) is 3.54. The van der Waals surface area contributed by atoms with Gasteiger partial charge in [0.15, 0.2) is 0 Å². The fourth-order valence-electron chi connectivity index (χ4n) is 4.39. The molecule has 1 aliphatic heterocycles. The molecule has 1 aliphatic rings. The second-order valence-corrected chi connectivity index (χ2v) is 13.5. The molecule has 1 heterocycles. The number of imide groups is 1. The minimum Gasteiger partial charge on any atom is -0.443 e. The number of nitrogens with zero attached hydrogens (tertiary/aromatic N) is 1. The first-order valence-electron chi connectivity index (χ1n) is 20.6. The molecule has 22 nitrogen and oxygen atoms in total. The van der Waals surface area contributed by atoms with E-state index in [4.69, 9.17) is 61.6 Å². The monoisotopic (exact) mass is 882 g/mol. The van der Waals surface area contributed by atoms with Crippen LogP contribution in [0.5, 0.6) is 0 Å². The van der Waals surface area contributed by atoms with Crippen molar-refractivity contribution in [3.63, 3.8) is 0 Å². The molecule has 0 aromatic rings. The molecule has 61 heavy (non-hydrogen) atoms. The number of hydrogen-bond donors (Lipinski definition) is 3. The average molecular weight is 883 g/mol. The van der Waals surface area contributed by atoms with E-state index in [0.717, 1.165) is 4.90 Å². The summed E-state index contributed by atoms with van der Waals surface area (Å²) in [7, 11) is 0. The molecule has 3 N–H and O–H groups in total. The summed E-state index contributed by atoms with van der Waals surface area (Å²) in [6, 6.07) is 0. The Hall–Kier alpha value is -3.39. The molecule has 0 radical (unpaired) electrons. The molecular weight excluding hydrogens is 812 g/mol. The van der Waals surface area contributed by atoms with E-state index < -0.39 is 29.4 Å². The van der Waals surface area contributed by atoms with Crippen molar-refractivity contribution in [3.8, 4) is 0 Å². The number of carbonyl (C=O) groups is 5. The zero-order chi connectivity index (χ0) is 44.5. The molecule has 0 unspecified atom stereocenters. The fourth-order valence-corrected chi connectivity index (χ4v) is 4.39. The van der Waals surface area contributed by atoms with Crippen LogP contribution < -0.4 is 16.2 Å². The van der Waals surface area contributed by atoms with Crippen molar-refractivity contribution in [2.45, 2.75) is 39.2 Å². The van der Waals surface area contributed by atoms with Crippen LogP contribution in [-0.4, -0.2) is 212 Å². The van der Waals surface area contributed by atoms with Crippen LogP contribution in [-0.2, 0) is 80.8 Å². The first-order valence-corrected chi connectivity index (χ1v) is 20.6. The molecule has 0 aliphatic carbocycles. The molecule has 5 amide bonds. The highest BCUT2D eigenvalue weighted by atomic mass is 16.6. The van der Waals surface area contributed by atoms with Crippen molar-refractivity contribution in [2.24, 2.45) is 0 Å². The van der Waals surface area contributed by atoms with E-state index in [2.05, 4.69) is 16.2 Å². The molecule has 1 rings (SSSR count). The number of amides is 5. The normalized spacial score (nSPS) is 12.7. The molecule has 0 saturated carbocycles. The lowest BCUT2D eigenvalue weighted by molar-refractivity contribution is -0.137. The molecule has 0 fully saturated rings. The van der Waals surface area contributed by atoms with E-state index in [1.807, 2.05) is 0 Å². The molecule has 0 spiro atoms. The Morgan fingerprint density at radius 1 is 0.443 bits per heavy atom. The summed E-state index contributed by atoms with van der Waals surface area (Å²) in [4.78, 5) is 58.9. The zero-order valence-electron chi connectivity index (χ0n) is 36.2. The van der Waals surface area contributed by atoms with E-state index >= 15 is 0 Å². The Kier molecular flexibility index (Phi) is 36.0. The molecule has 0 aromatic carbocycles. The summed E-state index contributed by atoms with van der Waals surface area (Å²) >= 11 is 0. The van der Waals surface area contributed by atoms with Crippen LogP contribution in [0.25, 0.3) is 0 Å². The lowest BCUT2D eigenvalue weighted by atomic mass is 10.2. The van der Waals surface area contributed by atoms with Crippen LogP contribution in [0, 0.1) is 0 Å². The highest BCUT2D eigenvalue weighted by Crippen LogP contribution is 2.06. The topological polar surface area (TPSA) is 245 Å². The van der Waals surface area contributed by atoms with Gasteiger partial charge in [-0.2, -0.15) is 0 Å². The van der Waals surface area contributed by atoms with Crippen LogP contribution in [0.1, 0.15) is 33.6 Å². The summed E-state index contributed by atoms with van der Waals surface area (Å²) in [6.45, 7) is 15.6. The van der Waals surface area contributed by atoms with Gasteiger partial charge < -0.3 is 66.9 Å². The Bertz CT molecular complexity index is 1160. The summed E-state index contributed by atoms with van der Waals surface area (Å²) in [5.74, 6) is -1.46. The number of hydrogen-bond acceptors (Lipinski definition) is 18. The van der Waals surface area contributed by atoms with Crippen molar-refractivity contribution < 1.29 is 85.6 Å². The van der Waals surface area contributed by atoms with Crippen molar-refractivity contribution in [1.29, 1.82) is 0 Å². The lowest BCUT2D eigenvalue weighted by Crippen LogP contribution is -2.44. The standard InChI is InChI=1S/C39H70N4O18/c1-39(2,3)61-38(48)42-41-35(45)7-10-49-12-14-51-16-18-53-20-22-55-24-26-57-28-30-59-32-33-60-31-29-58-27-25-56-23-21-54-19-17-52-15-13-50-11-8-40-34(44)6-9-43-36(46)4-5-37(43)47/h4-5H,6-33H2,1-3H3,(H,40,44)(H,41,45)(H,42,48).